The minimum Gasteiger partial charge on any atom is -0.290 e. The average molecular weight is 403 g/mol. The number of hydrogen-bond acceptors (Lipinski definition) is 3. The van der Waals surface area contributed by atoms with Gasteiger partial charge in [-0.05, 0) is 48.5 Å². The van der Waals surface area contributed by atoms with E-state index in [4.69, 9.17) is 23.2 Å². The van der Waals surface area contributed by atoms with E-state index in [1.807, 2.05) is 6.07 Å². The molecule has 0 radical (unpaired) electrons. The number of hydrogen-bond donors (Lipinski definition) is 0. The lowest BCUT2D eigenvalue weighted by Crippen LogP contribution is -2.07. The lowest BCUT2D eigenvalue weighted by Gasteiger charge is -2.08. The molecule has 0 spiro atoms. The summed E-state index contributed by atoms with van der Waals surface area (Å²) in [6.07, 6.45) is 1.69. The van der Waals surface area contributed by atoms with Crippen LogP contribution in [0.3, 0.4) is 0 Å². The summed E-state index contributed by atoms with van der Waals surface area (Å²) >= 11 is 11.9. The Morgan fingerprint density at radius 3 is 2.08 bits per heavy atom. The normalized spacial score (nSPS) is 11.8. The molecule has 0 fully saturated rings. The van der Waals surface area contributed by atoms with Gasteiger partial charge in [0, 0.05) is 21.8 Å². The molecule has 0 saturated carbocycles. The highest BCUT2D eigenvalue weighted by Crippen LogP contribution is 2.33. The molecule has 0 aliphatic rings. The summed E-state index contributed by atoms with van der Waals surface area (Å²) in [7, 11) is -3.82. The maximum absolute atomic E-state index is 13.4. The molecule has 26 heavy (non-hydrogen) atoms. The fraction of sp³-hybridized carbons (Fsp3) is 0. The summed E-state index contributed by atoms with van der Waals surface area (Å²) in [5.74, 6) is 0. The van der Waals surface area contributed by atoms with Crippen LogP contribution in [0.25, 0.3) is 16.9 Å². The van der Waals surface area contributed by atoms with Crippen molar-refractivity contribution in [3.8, 4) is 11.3 Å². The molecule has 0 aliphatic heterocycles. The van der Waals surface area contributed by atoms with E-state index in [2.05, 4.69) is 4.98 Å². The number of nitrogens with zero attached hydrogens (tertiary/aromatic N) is 2. The van der Waals surface area contributed by atoms with E-state index in [0.29, 0.717) is 26.9 Å². The SMILES string of the molecule is O=S(=O)(c1ccc(Cl)cc1)c1c(-c2ccc(Cl)cc2)nc2ccccn12. The predicted molar refractivity (Wildman–Crippen MR) is 103 cm³/mol. The summed E-state index contributed by atoms with van der Waals surface area (Å²) in [4.78, 5) is 4.69. The molecule has 0 saturated heterocycles. The summed E-state index contributed by atoms with van der Waals surface area (Å²) in [5, 5.41) is 1.15. The topological polar surface area (TPSA) is 51.4 Å². The molecule has 4 aromatic rings. The van der Waals surface area contributed by atoms with Gasteiger partial charge in [-0.15, -0.1) is 0 Å². The standard InChI is InChI=1S/C19H12Cl2N2O2S/c20-14-6-4-13(5-7-14)18-19(23-12-2-1-3-17(23)22-18)26(24,25)16-10-8-15(21)9-11-16/h1-12H. The van der Waals surface area contributed by atoms with Gasteiger partial charge < -0.3 is 0 Å². The number of rotatable bonds is 3. The first-order valence-corrected chi connectivity index (χ1v) is 9.94. The van der Waals surface area contributed by atoms with E-state index in [9.17, 15) is 8.42 Å². The number of sulfone groups is 1. The summed E-state index contributed by atoms with van der Waals surface area (Å²) < 4.78 is 28.3. The Morgan fingerprint density at radius 1 is 0.808 bits per heavy atom. The van der Waals surface area contributed by atoms with Gasteiger partial charge >= 0.3 is 0 Å². The van der Waals surface area contributed by atoms with Crippen molar-refractivity contribution in [1.29, 1.82) is 0 Å². The fourth-order valence-corrected chi connectivity index (χ4v) is 4.55. The zero-order valence-electron chi connectivity index (χ0n) is 13.3. The number of halogens is 2. The number of pyridine rings is 1. The van der Waals surface area contributed by atoms with Gasteiger partial charge in [0.15, 0.2) is 5.03 Å². The average Bonchev–Trinajstić information content (AvgIpc) is 3.03. The van der Waals surface area contributed by atoms with Gasteiger partial charge in [-0.1, -0.05) is 41.4 Å². The number of fused-ring (bicyclic) bond motifs is 1. The lowest BCUT2D eigenvalue weighted by atomic mass is 10.2. The first kappa shape index (κ1) is 17.1. The second-order valence-corrected chi connectivity index (χ2v) is 8.40. The quantitative estimate of drug-likeness (QED) is 0.476. The van der Waals surface area contributed by atoms with Crippen molar-refractivity contribution in [3.05, 3.63) is 83.0 Å². The van der Waals surface area contributed by atoms with Crippen LogP contribution in [-0.2, 0) is 9.84 Å². The van der Waals surface area contributed by atoms with E-state index in [1.54, 1.807) is 59.1 Å². The zero-order chi connectivity index (χ0) is 18.3. The Bertz CT molecular complexity index is 1200. The van der Waals surface area contributed by atoms with E-state index in [0.717, 1.165) is 0 Å². The second-order valence-electron chi connectivity index (χ2n) is 5.66. The van der Waals surface area contributed by atoms with Crippen molar-refractivity contribution in [1.82, 2.24) is 9.38 Å². The van der Waals surface area contributed by atoms with Gasteiger partial charge in [-0.25, -0.2) is 13.4 Å². The zero-order valence-corrected chi connectivity index (χ0v) is 15.6. The smallest absolute Gasteiger partial charge is 0.224 e. The molecule has 4 rings (SSSR count). The van der Waals surface area contributed by atoms with E-state index >= 15 is 0 Å². The van der Waals surface area contributed by atoms with E-state index in [1.165, 1.54) is 12.1 Å². The molecule has 130 valence electrons. The number of imidazole rings is 1. The molecule has 2 aromatic carbocycles. The second kappa shape index (κ2) is 6.43. The number of aromatic nitrogens is 2. The molecule has 0 atom stereocenters. The van der Waals surface area contributed by atoms with Crippen LogP contribution in [-0.4, -0.2) is 17.8 Å². The maximum Gasteiger partial charge on any atom is 0.224 e. The third kappa shape index (κ3) is 2.88. The van der Waals surface area contributed by atoms with Crippen molar-refractivity contribution in [2.75, 3.05) is 0 Å². The lowest BCUT2D eigenvalue weighted by molar-refractivity contribution is 0.591. The summed E-state index contributed by atoms with van der Waals surface area (Å²) in [6.45, 7) is 0. The van der Waals surface area contributed by atoms with Gasteiger partial charge in [0.25, 0.3) is 0 Å². The molecule has 0 aliphatic carbocycles. The third-order valence-electron chi connectivity index (χ3n) is 3.98. The number of benzene rings is 2. The minimum absolute atomic E-state index is 0.109. The van der Waals surface area contributed by atoms with Crippen LogP contribution in [0, 0.1) is 0 Å². The van der Waals surface area contributed by atoms with Crippen LogP contribution in [0.2, 0.25) is 10.0 Å². The van der Waals surface area contributed by atoms with Gasteiger partial charge in [0.2, 0.25) is 9.84 Å². The molecular formula is C19H12Cl2N2O2S. The van der Waals surface area contributed by atoms with E-state index < -0.39 is 9.84 Å². The Morgan fingerprint density at radius 2 is 1.42 bits per heavy atom. The predicted octanol–water partition coefficient (Wildman–Crippen LogP) is 5.14. The molecule has 2 aromatic heterocycles. The van der Waals surface area contributed by atoms with Crippen molar-refractivity contribution in [2.24, 2.45) is 0 Å². The Hall–Kier alpha value is -2.34. The van der Waals surface area contributed by atoms with Gasteiger partial charge in [-0.2, -0.15) is 0 Å². The van der Waals surface area contributed by atoms with Crippen molar-refractivity contribution < 1.29 is 8.42 Å². The first-order chi connectivity index (χ1) is 12.5. The van der Waals surface area contributed by atoms with Crippen LogP contribution in [0.4, 0.5) is 0 Å². The summed E-state index contributed by atoms with van der Waals surface area (Å²) in [5.41, 5.74) is 1.60. The Kier molecular flexibility index (Phi) is 4.23. The van der Waals surface area contributed by atoms with Gasteiger partial charge in [0.1, 0.15) is 11.3 Å². The van der Waals surface area contributed by atoms with Crippen molar-refractivity contribution >= 4 is 38.7 Å². The minimum atomic E-state index is -3.82. The first-order valence-electron chi connectivity index (χ1n) is 7.70. The van der Waals surface area contributed by atoms with Crippen LogP contribution >= 0.6 is 23.2 Å². The molecule has 0 bridgehead atoms. The molecule has 2 heterocycles. The molecular weight excluding hydrogens is 391 g/mol. The highest BCUT2D eigenvalue weighted by atomic mass is 35.5. The molecule has 0 N–H and O–H groups in total. The largest absolute Gasteiger partial charge is 0.290 e. The molecule has 0 unspecified atom stereocenters. The highest BCUT2D eigenvalue weighted by Gasteiger charge is 2.27. The van der Waals surface area contributed by atoms with Gasteiger partial charge in [-0.3, -0.25) is 4.40 Å². The van der Waals surface area contributed by atoms with Crippen molar-refractivity contribution in [3.63, 3.8) is 0 Å². The van der Waals surface area contributed by atoms with Crippen molar-refractivity contribution in [2.45, 2.75) is 9.92 Å². The third-order valence-corrected chi connectivity index (χ3v) is 6.28. The Balaban J connectivity index is 2.03. The molecule has 7 heteroatoms. The monoisotopic (exact) mass is 402 g/mol. The highest BCUT2D eigenvalue weighted by molar-refractivity contribution is 7.91. The Labute approximate surface area is 160 Å². The fourth-order valence-electron chi connectivity index (χ4n) is 2.75. The van der Waals surface area contributed by atoms with Crippen LogP contribution in [0.5, 0.6) is 0 Å². The molecule has 0 amide bonds. The summed E-state index contributed by atoms with van der Waals surface area (Å²) in [6, 6.07) is 18.4. The van der Waals surface area contributed by atoms with Gasteiger partial charge in [0.05, 0.1) is 4.90 Å². The van der Waals surface area contributed by atoms with E-state index in [-0.39, 0.29) is 9.92 Å². The maximum atomic E-state index is 13.4. The molecule has 4 nitrogen and oxygen atoms in total. The van der Waals surface area contributed by atoms with Crippen LogP contribution < -0.4 is 0 Å². The van der Waals surface area contributed by atoms with Crippen LogP contribution in [0.15, 0.2) is 82.8 Å². The van der Waals surface area contributed by atoms with Crippen LogP contribution in [0.1, 0.15) is 0 Å².